The van der Waals surface area contributed by atoms with Crippen LogP contribution in [0.4, 0.5) is 5.69 Å². The fourth-order valence-corrected chi connectivity index (χ4v) is 3.91. The zero-order valence-electron chi connectivity index (χ0n) is 17.4. The minimum absolute atomic E-state index is 0.0278. The lowest BCUT2D eigenvalue weighted by Crippen LogP contribution is -2.46. The monoisotopic (exact) mass is 405 g/mol. The minimum atomic E-state index is -0.0670. The molecule has 1 saturated heterocycles. The molecule has 0 unspecified atom stereocenters. The third-order valence-corrected chi connectivity index (χ3v) is 5.71. The zero-order chi connectivity index (χ0) is 21.1. The van der Waals surface area contributed by atoms with Crippen molar-refractivity contribution in [3.8, 4) is 0 Å². The lowest BCUT2D eigenvalue weighted by atomic mass is 10.1. The Morgan fingerprint density at radius 1 is 1.13 bits per heavy atom. The van der Waals surface area contributed by atoms with E-state index >= 15 is 0 Å². The summed E-state index contributed by atoms with van der Waals surface area (Å²) in [7, 11) is 1.64. The topological polar surface area (TPSA) is 81.3 Å². The first kappa shape index (κ1) is 20.1. The highest BCUT2D eigenvalue weighted by Crippen LogP contribution is 2.19. The summed E-state index contributed by atoms with van der Waals surface area (Å²) in [5.41, 5.74) is 5.28. The molecule has 156 valence electrons. The van der Waals surface area contributed by atoms with Gasteiger partial charge in [0.2, 0.25) is 0 Å². The van der Waals surface area contributed by atoms with Gasteiger partial charge in [-0.15, -0.1) is 0 Å². The van der Waals surface area contributed by atoms with Gasteiger partial charge >= 0.3 is 0 Å². The number of amides is 1. The Balaban J connectivity index is 1.38. The van der Waals surface area contributed by atoms with Crippen LogP contribution in [0.2, 0.25) is 0 Å². The molecular formula is C23H27N5O2. The van der Waals surface area contributed by atoms with E-state index in [0.717, 1.165) is 60.6 Å². The van der Waals surface area contributed by atoms with E-state index in [4.69, 9.17) is 0 Å². The van der Waals surface area contributed by atoms with Crippen molar-refractivity contribution in [3.63, 3.8) is 0 Å². The van der Waals surface area contributed by atoms with Crippen LogP contribution in [0.5, 0.6) is 0 Å². The Bertz CT molecular complexity index is 1100. The predicted molar refractivity (Wildman–Crippen MR) is 119 cm³/mol. The van der Waals surface area contributed by atoms with Gasteiger partial charge in [-0.25, -0.2) is 0 Å². The third kappa shape index (κ3) is 4.21. The van der Waals surface area contributed by atoms with Gasteiger partial charge in [0.05, 0.1) is 11.0 Å². The maximum Gasteiger partial charge on any atom is 0.251 e. The number of fused-ring (bicyclic) bond motifs is 1. The first-order chi connectivity index (χ1) is 14.6. The normalized spacial score (nSPS) is 14.8. The molecule has 1 amide bonds. The van der Waals surface area contributed by atoms with Crippen LogP contribution in [0.1, 0.15) is 28.4 Å². The highest BCUT2D eigenvalue weighted by Gasteiger charge is 2.18. The van der Waals surface area contributed by atoms with Crippen molar-refractivity contribution in [2.24, 2.45) is 0 Å². The van der Waals surface area contributed by atoms with Gasteiger partial charge in [-0.1, -0.05) is 6.92 Å². The van der Waals surface area contributed by atoms with Gasteiger partial charge in [-0.2, -0.15) is 0 Å². The highest BCUT2D eigenvalue weighted by atomic mass is 16.1. The van der Waals surface area contributed by atoms with Crippen LogP contribution in [0, 0.1) is 0 Å². The first-order valence-corrected chi connectivity index (χ1v) is 10.4. The number of aromatic nitrogens is 2. The molecule has 4 rings (SSSR count). The second-order valence-corrected chi connectivity index (χ2v) is 7.64. The maximum absolute atomic E-state index is 12.1. The molecule has 0 aliphatic carbocycles. The first-order valence-electron chi connectivity index (χ1n) is 10.4. The van der Waals surface area contributed by atoms with Crippen LogP contribution in [0.3, 0.4) is 0 Å². The van der Waals surface area contributed by atoms with E-state index in [9.17, 15) is 9.59 Å². The van der Waals surface area contributed by atoms with Crippen molar-refractivity contribution >= 4 is 22.6 Å². The van der Waals surface area contributed by atoms with E-state index in [2.05, 4.69) is 25.1 Å². The summed E-state index contributed by atoms with van der Waals surface area (Å²) in [4.78, 5) is 36.0. The molecule has 30 heavy (non-hydrogen) atoms. The average molecular weight is 406 g/mol. The number of hydrogen-bond acceptors (Lipinski definition) is 5. The second kappa shape index (κ2) is 8.67. The number of carbonyl (C=O) groups excluding carboxylic acids is 1. The second-order valence-electron chi connectivity index (χ2n) is 7.64. The standard InChI is InChI=1S/C23H27N5O2/c1-3-17-13-20-21(26-23(17)30)12-16(14-25-20)15-27-8-10-28(11-9-27)19-6-4-18(5-7-19)22(29)24-2/h4-7,12-14H,3,8-11,15H2,1-2H3,(H,24,29)(H,26,30). The van der Waals surface area contributed by atoms with Crippen LogP contribution in [0.15, 0.2) is 47.4 Å². The van der Waals surface area contributed by atoms with E-state index in [-0.39, 0.29) is 11.5 Å². The molecule has 3 heterocycles. The number of pyridine rings is 2. The molecule has 7 nitrogen and oxygen atoms in total. The fourth-order valence-electron chi connectivity index (χ4n) is 3.91. The Morgan fingerprint density at radius 3 is 2.53 bits per heavy atom. The molecule has 3 aromatic rings. The SMILES string of the molecule is CCc1cc2ncc(CN3CCN(c4ccc(C(=O)NC)cc4)CC3)cc2[nH]c1=O. The molecule has 7 heteroatoms. The number of piperazine rings is 1. The molecule has 2 N–H and O–H groups in total. The van der Waals surface area contributed by atoms with Gasteiger partial charge < -0.3 is 15.2 Å². The molecule has 1 fully saturated rings. The Kier molecular flexibility index (Phi) is 5.81. The number of anilines is 1. The van der Waals surface area contributed by atoms with Crippen molar-refractivity contribution in [2.45, 2.75) is 19.9 Å². The lowest BCUT2D eigenvalue weighted by Gasteiger charge is -2.36. The molecule has 1 aromatic carbocycles. The van der Waals surface area contributed by atoms with Crippen LogP contribution >= 0.6 is 0 Å². The fraction of sp³-hybridized carbons (Fsp3) is 0.348. The van der Waals surface area contributed by atoms with Crippen molar-refractivity contribution in [1.29, 1.82) is 0 Å². The smallest absolute Gasteiger partial charge is 0.251 e. The van der Waals surface area contributed by atoms with Gasteiger partial charge in [-0.05, 0) is 48.4 Å². The third-order valence-electron chi connectivity index (χ3n) is 5.71. The molecule has 0 radical (unpaired) electrons. The molecular weight excluding hydrogens is 378 g/mol. The Hall–Kier alpha value is -3.19. The summed E-state index contributed by atoms with van der Waals surface area (Å²) < 4.78 is 0. The number of hydrogen-bond donors (Lipinski definition) is 2. The summed E-state index contributed by atoms with van der Waals surface area (Å²) in [5, 5.41) is 2.65. The minimum Gasteiger partial charge on any atom is -0.369 e. The van der Waals surface area contributed by atoms with Crippen molar-refractivity contribution in [1.82, 2.24) is 20.2 Å². The number of nitrogens with zero attached hydrogens (tertiary/aromatic N) is 3. The van der Waals surface area contributed by atoms with Crippen LogP contribution in [-0.2, 0) is 13.0 Å². The van der Waals surface area contributed by atoms with E-state index in [1.54, 1.807) is 7.05 Å². The summed E-state index contributed by atoms with van der Waals surface area (Å²) in [5.74, 6) is -0.0670. The molecule has 2 aromatic heterocycles. The number of H-pyrrole nitrogens is 1. The van der Waals surface area contributed by atoms with Crippen LogP contribution < -0.4 is 15.8 Å². The van der Waals surface area contributed by atoms with Gasteiger partial charge in [0.15, 0.2) is 0 Å². The molecule has 1 aliphatic heterocycles. The Labute approximate surface area is 175 Å². The van der Waals surface area contributed by atoms with E-state index in [0.29, 0.717) is 12.0 Å². The molecule has 1 aliphatic rings. The lowest BCUT2D eigenvalue weighted by molar-refractivity contribution is 0.0963. The van der Waals surface area contributed by atoms with Gasteiger partial charge in [0.25, 0.3) is 11.5 Å². The van der Waals surface area contributed by atoms with E-state index < -0.39 is 0 Å². The van der Waals surface area contributed by atoms with Gasteiger partial charge in [0, 0.05) is 62.8 Å². The Morgan fingerprint density at radius 2 is 1.87 bits per heavy atom. The predicted octanol–water partition coefficient (Wildman–Crippen LogP) is 2.17. The van der Waals surface area contributed by atoms with Crippen LogP contribution in [-0.4, -0.2) is 54.0 Å². The number of carbonyl (C=O) groups is 1. The average Bonchev–Trinajstić information content (AvgIpc) is 2.78. The summed E-state index contributed by atoms with van der Waals surface area (Å²) in [6.07, 6.45) is 2.61. The number of aromatic amines is 1. The summed E-state index contributed by atoms with van der Waals surface area (Å²) in [6, 6.07) is 11.7. The van der Waals surface area contributed by atoms with E-state index in [1.807, 2.05) is 49.5 Å². The molecule has 0 atom stereocenters. The van der Waals surface area contributed by atoms with Gasteiger partial charge in [-0.3, -0.25) is 19.5 Å². The van der Waals surface area contributed by atoms with E-state index in [1.165, 1.54) is 0 Å². The zero-order valence-corrected chi connectivity index (χ0v) is 17.4. The van der Waals surface area contributed by atoms with Crippen molar-refractivity contribution < 1.29 is 4.79 Å². The maximum atomic E-state index is 12.1. The summed E-state index contributed by atoms with van der Waals surface area (Å²) >= 11 is 0. The highest BCUT2D eigenvalue weighted by molar-refractivity contribution is 5.94. The number of aryl methyl sites for hydroxylation is 1. The number of rotatable bonds is 5. The molecule has 0 bridgehead atoms. The van der Waals surface area contributed by atoms with Crippen LogP contribution in [0.25, 0.3) is 11.0 Å². The number of benzene rings is 1. The van der Waals surface area contributed by atoms with Gasteiger partial charge in [0.1, 0.15) is 0 Å². The molecule has 0 saturated carbocycles. The largest absolute Gasteiger partial charge is 0.369 e. The van der Waals surface area contributed by atoms with Crippen molar-refractivity contribution in [2.75, 3.05) is 38.1 Å². The quantitative estimate of drug-likeness (QED) is 0.680. The molecule has 0 spiro atoms. The summed E-state index contributed by atoms with van der Waals surface area (Å²) in [6.45, 7) is 6.53. The van der Waals surface area contributed by atoms with Crippen molar-refractivity contribution in [3.05, 3.63) is 69.6 Å². The number of nitrogens with one attached hydrogen (secondary N) is 2.